The summed E-state index contributed by atoms with van der Waals surface area (Å²) in [6, 6.07) is 0.867. The van der Waals surface area contributed by atoms with Crippen LogP contribution in [0.2, 0.25) is 0 Å². The van der Waals surface area contributed by atoms with Crippen molar-refractivity contribution in [3.8, 4) is 0 Å². The zero-order chi connectivity index (χ0) is 11.3. The van der Waals surface area contributed by atoms with Gasteiger partial charge in [0, 0.05) is 18.7 Å². The molecule has 0 saturated heterocycles. The smallest absolute Gasteiger partial charge is 0.0623 e. The Labute approximate surface area is 93.2 Å². The van der Waals surface area contributed by atoms with Crippen molar-refractivity contribution in [3.05, 3.63) is 0 Å². The molecule has 1 aliphatic rings. The van der Waals surface area contributed by atoms with E-state index in [1.54, 1.807) is 0 Å². The Morgan fingerprint density at radius 1 is 1.47 bits per heavy atom. The van der Waals surface area contributed by atoms with E-state index in [2.05, 4.69) is 26.1 Å². The van der Waals surface area contributed by atoms with Crippen LogP contribution in [0.3, 0.4) is 0 Å². The molecular formula is C12H25NO2. The third-order valence-electron chi connectivity index (χ3n) is 3.08. The molecule has 0 bridgehead atoms. The number of aliphatic hydroxyl groups is 1. The van der Waals surface area contributed by atoms with Gasteiger partial charge in [0.15, 0.2) is 0 Å². The normalized spacial score (nSPS) is 19.2. The van der Waals surface area contributed by atoms with Gasteiger partial charge >= 0.3 is 0 Å². The van der Waals surface area contributed by atoms with Crippen LogP contribution < -0.4 is 5.32 Å². The minimum atomic E-state index is -0.0282. The highest BCUT2D eigenvalue weighted by Crippen LogP contribution is 2.20. The molecular weight excluding hydrogens is 190 g/mol. The first-order chi connectivity index (χ1) is 7.07. The number of ether oxygens (including phenoxy) is 1. The molecule has 1 saturated carbocycles. The Balaban J connectivity index is 2.10. The Hall–Kier alpha value is -0.120. The van der Waals surface area contributed by atoms with Crippen molar-refractivity contribution in [1.82, 2.24) is 5.32 Å². The summed E-state index contributed by atoms with van der Waals surface area (Å²) in [6.07, 6.45) is 4.44. The van der Waals surface area contributed by atoms with Crippen molar-refractivity contribution in [3.63, 3.8) is 0 Å². The second-order valence-electron chi connectivity index (χ2n) is 5.07. The van der Waals surface area contributed by atoms with Crippen molar-refractivity contribution >= 4 is 0 Å². The average Bonchev–Trinajstić information content (AvgIpc) is 3.00. The maximum absolute atomic E-state index is 9.17. The van der Waals surface area contributed by atoms with Crippen molar-refractivity contribution in [1.29, 1.82) is 0 Å². The average molecular weight is 215 g/mol. The molecule has 90 valence electrons. The summed E-state index contributed by atoms with van der Waals surface area (Å²) in [5, 5.41) is 12.6. The Bertz CT molecular complexity index is 178. The van der Waals surface area contributed by atoms with Gasteiger partial charge in [-0.3, -0.25) is 0 Å². The monoisotopic (exact) mass is 215 g/mol. The van der Waals surface area contributed by atoms with E-state index < -0.39 is 0 Å². The van der Waals surface area contributed by atoms with Gasteiger partial charge in [-0.05, 0) is 39.5 Å². The van der Waals surface area contributed by atoms with Crippen molar-refractivity contribution in [2.75, 3.05) is 13.2 Å². The highest BCUT2D eigenvalue weighted by Gasteiger charge is 2.24. The zero-order valence-corrected chi connectivity index (χ0v) is 10.3. The summed E-state index contributed by atoms with van der Waals surface area (Å²) in [4.78, 5) is 0. The Morgan fingerprint density at radius 2 is 2.13 bits per heavy atom. The fourth-order valence-corrected chi connectivity index (χ4v) is 1.39. The second kappa shape index (κ2) is 5.83. The number of hydrogen-bond acceptors (Lipinski definition) is 3. The molecule has 3 nitrogen and oxygen atoms in total. The molecule has 0 aliphatic heterocycles. The van der Waals surface area contributed by atoms with Crippen LogP contribution in [0.4, 0.5) is 0 Å². The van der Waals surface area contributed by atoms with E-state index >= 15 is 0 Å². The maximum atomic E-state index is 9.17. The van der Waals surface area contributed by atoms with Gasteiger partial charge in [0.1, 0.15) is 0 Å². The van der Waals surface area contributed by atoms with Crippen LogP contribution in [-0.4, -0.2) is 36.0 Å². The van der Waals surface area contributed by atoms with Crippen LogP contribution in [0.5, 0.6) is 0 Å². The van der Waals surface area contributed by atoms with Gasteiger partial charge in [0.2, 0.25) is 0 Å². The van der Waals surface area contributed by atoms with E-state index in [0.717, 1.165) is 19.4 Å². The number of rotatable bonds is 8. The summed E-state index contributed by atoms with van der Waals surface area (Å²) in [6.45, 7) is 7.29. The summed E-state index contributed by atoms with van der Waals surface area (Å²) in [7, 11) is 0. The predicted octanol–water partition coefficient (Wildman–Crippen LogP) is 1.69. The van der Waals surface area contributed by atoms with Gasteiger partial charge < -0.3 is 15.2 Å². The lowest BCUT2D eigenvalue weighted by atomic mass is 10.1. The number of nitrogens with one attached hydrogen (secondary N) is 1. The molecule has 0 aromatic heterocycles. The Kier molecular flexibility index (Phi) is 5.03. The standard InChI is InChI=1S/C12H25NO2/c1-4-12(2,3)15-8-7-11(9-14)13-10-5-6-10/h10-11,13-14H,4-9H2,1-3H3. The quantitative estimate of drug-likeness (QED) is 0.647. The predicted molar refractivity (Wildman–Crippen MR) is 62.0 cm³/mol. The molecule has 1 atom stereocenters. The topological polar surface area (TPSA) is 41.5 Å². The van der Waals surface area contributed by atoms with Crippen LogP contribution in [0.1, 0.15) is 46.5 Å². The lowest BCUT2D eigenvalue weighted by molar-refractivity contribution is -0.0255. The van der Waals surface area contributed by atoms with Gasteiger partial charge in [-0.25, -0.2) is 0 Å². The van der Waals surface area contributed by atoms with E-state index in [0.29, 0.717) is 6.04 Å². The minimum absolute atomic E-state index is 0.0282. The first-order valence-corrected chi connectivity index (χ1v) is 6.08. The molecule has 0 spiro atoms. The molecule has 0 heterocycles. The molecule has 0 radical (unpaired) electrons. The van der Waals surface area contributed by atoms with Gasteiger partial charge in [-0.15, -0.1) is 0 Å². The summed E-state index contributed by atoms with van der Waals surface area (Å²) < 4.78 is 5.76. The molecule has 0 aromatic carbocycles. The third-order valence-corrected chi connectivity index (χ3v) is 3.08. The van der Waals surface area contributed by atoms with Gasteiger partial charge in [0.25, 0.3) is 0 Å². The lowest BCUT2D eigenvalue weighted by Crippen LogP contribution is -2.36. The molecule has 3 heteroatoms. The third kappa shape index (κ3) is 5.50. The largest absolute Gasteiger partial charge is 0.395 e. The van der Waals surface area contributed by atoms with Crippen LogP contribution >= 0.6 is 0 Å². The van der Waals surface area contributed by atoms with Crippen LogP contribution in [0.25, 0.3) is 0 Å². The van der Waals surface area contributed by atoms with E-state index in [1.807, 2.05) is 0 Å². The highest BCUT2D eigenvalue weighted by atomic mass is 16.5. The van der Waals surface area contributed by atoms with Crippen molar-refractivity contribution in [2.45, 2.75) is 64.1 Å². The van der Waals surface area contributed by atoms with Crippen molar-refractivity contribution < 1.29 is 9.84 Å². The molecule has 1 fully saturated rings. The summed E-state index contributed by atoms with van der Waals surface area (Å²) in [5.74, 6) is 0. The summed E-state index contributed by atoms with van der Waals surface area (Å²) >= 11 is 0. The fraction of sp³-hybridized carbons (Fsp3) is 1.00. The molecule has 0 aromatic rings. The molecule has 15 heavy (non-hydrogen) atoms. The number of aliphatic hydroxyl groups excluding tert-OH is 1. The van der Waals surface area contributed by atoms with Crippen molar-refractivity contribution in [2.24, 2.45) is 0 Å². The van der Waals surface area contributed by atoms with Gasteiger partial charge in [0.05, 0.1) is 12.2 Å². The molecule has 1 rings (SSSR count). The SMILES string of the molecule is CCC(C)(C)OCCC(CO)NC1CC1. The van der Waals surface area contributed by atoms with E-state index in [1.165, 1.54) is 12.8 Å². The molecule has 1 aliphatic carbocycles. The zero-order valence-electron chi connectivity index (χ0n) is 10.3. The Morgan fingerprint density at radius 3 is 2.60 bits per heavy atom. The van der Waals surface area contributed by atoms with Crippen LogP contribution in [-0.2, 0) is 4.74 Å². The van der Waals surface area contributed by atoms with Gasteiger partial charge in [-0.2, -0.15) is 0 Å². The van der Waals surface area contributed by atoms with E-state index in [4.69, 9.17) is 4.74 Å². The maximum Gasteiger partial charge on any atom is 0.0623 e. The second-order valence-corrected chi connectivity index (χ2v) is 5.07. The molecule has 2 N–H and O–H groups in total. The molecule has 0 amide bonds. The summed E-state index contributed by atoms with van der Waals surface area (Å²) in [5.41, 5.74) is -0.0282. The van der Waals surface area contributed by atoms with E-state index in [-0.39, 0.29) is 18.2 Å². The van der Waals surface area contributed by atoms with Gasteiger partial charge in [-0.1, -0.05) is 6.92 Å². The first kappa shape index (κ1) is 12.9. The van der Waals surface area contributed by atoms with E-state index in [9.17, 15) is 5.11 Å². The highest BCUT2D eigenvalue weighted by molar-refractivity contribution is 4.84. The fourth-order valence-electron chi connectivity index (χ4n) is 1.39. The lowest BCUT2D eigenvalue weighted by Gasteiger charge is -2.25. The molecule has 1 unspecified atom stereocenters. The first-order valence-electron chi connectivity index (χ1n) is 6.08. The minimum Gasteiger partial charge on any atom is -0.395 e. The van der Waals surface area contributed by atoms with Crippen LogP contribution in [0, 0.1) is 0 Å². The number of hydrogen-bond donors (Lipinski definition) is 2. The van der Waals surface area contributed by atoms with Crippen LogP contribution in [0.15, 0.2) is 0 Å².